The third kappa shape index (κ3) is 42.1. The summed E-state index contributed by atoms with van der Waals surface area (Å²) in [7, 11) is 0. The Labute approximate surface area is 465 Å². The van der Waals surface area contributed by atoms with E-state index >= 15 is 0 Å². The summed E-state index contributed by atoms with van der Waals surface area (Å²) in [5.41, 5.74) is 0. The Hall–Kier alpha value is -4.62. The van der Waals surface area contributed by atoms with E-state index in [1.807, 2.05) is 0 Å². The zero-order chi connectivity index (χ0) is 56.1. The second kappa shape index (κ2) is 52.1. The summed E-state index contributed by atoms with van der Waals surface area (Å²) in [5.74, 6) is -3.21. The number of carboxylic acids is 1. The lowest BCUT2D eigenvalue weighted by Gasteiger charge is -2.40. The molecule has 0 aliphatic carbocycles. The van der Waals surface area contributed by atoms with Crippen LogP contribution in [-0.4, -0.2) is 89.2 Å². The van der Waals surface area contributed by atoms with Crippen LogP contribution in [0, 0.1) is 0 Å². The van der Waals surface area contributed by atoms with Crippen LogP contribution in [0.15, 0.2) is 109 Å². The number of allylic oxidation sites excluding steroid dienone is 18. The molecule has 6 atom stereocenters. The van der Waals surface area contributed by atoms with Gasteiger partial charge in [0.15, 0.2) is 24.6 Å². The lowest BCUT2D eigenvalue weighted by molar-refractivity contribution is -0.301. The lowest BCUT2D eigenvalue weighted by Crippen LogP contribution is -2.61. The zero-order valence-corrected chi connectivity index (χ0v) is 47.9. The Bertz CT molecular complexity index is 1750. The molecular weight excluding hydrogens is 973 g/mol. The van der Waals surface area contributed by atoms with Gasteiger partial charge in [0.05, 0.1) is 6.61 Å². The summed E-state index contributed by atoms with van der Waals surface area (Å²) in [5, 5.41) is 31.5. The molecule has 0 saturated carbocycles. The maximum absolute atomic E-state index is 13.1. The van der Waals surface area contributed by atoms with E-state index in [0.717, 1.165) is 141 Å². The van der Waals surface area contributed by atoms with Crippen molar-refractivity contribution in [1.29, 1.82) is 0 Å². The van der Waals surface area contributed by atoms with Gasteiger partial charge in [-0.15, -0.1) is 0 Å². The first-order chi connectivity index (χ1) is 37.6. The molecule has 0 aromatic heterocycles. The Balaban J connectivity index is 2.73. The fraction of sp³-hybridized carbons (Fsp3) is 0.662. The first-order valence-electron chi connectivity index (χ1n) is 29.9. The van der Waals surface area contributed by atoms with Crippen molar-refractivity contribution < 1.29 is 58.2 Å². The molecule has 3 N–H and O–H groups in total. The van der Waals surface area contributed by atoms with E-state index in [-0.39, 0.29) is 25.9 Å². The van der Waals surface area contributed by atoms with Crippen molar-refractivity contribution in [3.05, 3.63) is 109 Å². The fourth-order valence-corrected chi connectivity index (χ4v) is 8.28. The topological polar surface area (TPSA) is 175 Å². The van der Waals surface area contributed by atoms with E-state index in [1.165, 1.54) is 25.7 Å². The molecule has 436 valence electrons. The number of aliphatic hydroxyl groups excluding tert-OH is 2. The van der Waals surface area contributed by atoms with E-state index in [9.17, 15) is 34.5 Å². The number of carbonyl (C=O) groups excluding carboxylic acids is 3. The molecule has 0 radical (unpaired) electrons. The summed E-state index contributed by atoms with van der Waals surface area (Å²) >= 11 is 0. The first-order valence-corrected chi connectivity index (χ1v) is 29.9. The smallest absolute Gasteiger partial charge is 0.335 e. The van der Waals surface area contributed by atoms with Crippen molar-refractivity contribution in [2.24, 2.45) is 0 Å². The molecule has 6 unspecified atom stereocenters. The average molecular weight is 1080 g/mol. The number of esters is 3. The van der Waals surface area contributed by atoms with E-state index < -0.39 is 67.3 Å². The Morgan fingerprint density at radius 2 is 0.818 bits per heavy atom. The molecule has 12 heteroatoms. The fourth-order valence-electron chi connectivity index (χ4n) is 8.28. The van der Waals surface area contributed by atoms with Crippen molar-refractivity contribution in [3.63, 3.8) is 0 Å². The van der Waals surface area contributed by atoms with Crippen molar-refractivity contribution in [1.82, 2.24) is 0 Å². The molecule has 12 nitrogen and oxygen atoms in total. The van der Waals surface area contributed by atoms with Crippen LogP contribution in [0.5, 0.6) is 0 Å². The van der Waals surface area contributed by atoms with E-state index in [2.05, 4.69) is 130 Å². The average Bonchev–Trinajstić information content (AvgIpc) is 3.42. The van der Waals surface area contributed by atoms with Crippen LogP contribution in [0.4, 0.5) is 0 Å². The maximum Gasteiger partial charge on any atom is 0.335 e. The van der Waals surface area contributed by atoms with Crippen LogP contribution in [0.25, 0.3) is 0 Å². The predicted molar refractivity (Wildman–Crippen MR) is 312 cm³/mol. The van der Waals surface area contributed by atoms with Crippen molar-refractivity contribution in [3.8, 4) is 0 Å². The molecule has 1 aliphatic rings. The number of aliphatic carboxylic acids is 1. The van der Waals surface area contributed by atoms with Crippen LogP contribution in [0.2, 0.25) is 0 Å². The molecule has 1 rings (SSSR count). The Kier molecular flexibility index (Phi) is 47.6. The Morgan fingerprint density at radius 1 is 0.442 bits per heavy atom. The molecule has 1 aliphatic heterocycles. The molecule has 0 amide bonds. The number of unbranched alkanes of at least 4 members (excludes halogenated alkanes) is 17. The van der Waals surface area contributed by atoms with Gasteiger partial charge in [-0.2, -0.15) is 0 Å². The van der Waals surface area contributed by atoms with Gasteiger partial charge in [-0.05, 0) is 122 Å². The van der Waals surface area contributed by atoms with Gasteiger partial charge in [0, 0.05) is 19.3 Å². The number of rotatable bonds is 49. The van der Waals surface area contributed by atoms with Crippen LogP contribution < -0.4 is 0 Å². The highest BCUT2D eigenvalue weighted by Gasteiger charge is 2.50. The third-order valence-electron chi connectivity index (χ3n) is 12.8. The third-order valence-corrected chi connectivity index (χ3v) is 12.8. The minimum atomic E-state index is -1.92. The van der Waals surface area contributed by atoms with Gasteiger partial charge in [0.25, 0.3) is 0 Å². The quantitative estimate of drug-likeness (QED) is 0.0228. The lowest BCUT2D eigenvalue weighted by atomic mass is 9.98. The molecule has 0 aromatic rings. The van der Waals surface area contributed by atoms with Gasteiger partial charge in [0.2, 0.25) is 0 Å². The van der Waals surface area contributed by atoms with E-state index in [4.69, 9.17) is 23.7 Å². The monoisotopic (exact) mass is 1080 g/mol. The minimum Gasteiger partial charge on any atom is -0.479 e. The van der Waals surface area contributed by atoms with Crippen LogP contribution in [0.3, 0.4) is 0 Å². The van der Waals surface area contributed by atoms with Crippen LogP contribution in [-0.2, 0) is 42.9 Å². The molecule has 1 saturated heterocycles. The van der Waals surface area contributed by atoms with Crippen molar-refractivity contribution in [2.45, 2.75) is 263 Å². The molecular formula is C65H104O12. The molecule has 77 heavy (non-hydrogen) atoms. The second-order valence-corrected chi connectivity index (χ2v) is 19.9. The van der Waals surface area contributed by atoms with Gasteiger partial charge < -0.3 is 39.0 Å². The van der Waals surface area contributed by atoms with E-state index in [0.29, 0.717) is 19.3 Å². The second-order valence-electron chi connectivity index (χ2n) is 19.9. The highest BCUT2D eigenvalue weighted by molar-refractivity contribution is 5.74. The first kappa shape index (κ1) is 70.4. The zero-order valence-electron chi connectivity index (χ0n) is 47.9. The van der Waals surface area contributed by atoms with Gasteiger partial charge in [-0.25, -0.2) is 4.79 Å². The van der Waals surface area contributed by atoms with Gasteiger partial charge in [-0.1, -0.05) is 194 Å². The molecule has 1 fully saturated rings. The van der Waals surface area contributed by atoms with Gasteiger partial charge >= 0.3 is 23.9 Å². The van der Waals surface area contributed by atoms with Crippen LogP contribution in [0.1, 0.15) is 226 Å². The summed E-state index contributed by atoms with van der Waals surface area (Å²) in [6.07, 6.45) is 57.7. The van der Waals surface area contributed by atoms with Crippen LogP contribution >= 0.6 is 0 Å². The highest BCUT2D eigenvalue weighted by Crippen LogP contribution is 2.26. The molecule has 0 spiro atoms. The number of aliphatic hydroxyl groups is 2. The van der Waals surface area contributed by atoms with Gasteiger partial charge in [0.1, 0.15) is 18.8 Å². The minimum absolute atomic E-state index is 0.0398. The van der Waals surface area contributed by atoms with E-state index in [1.54, 1.807) is 0 Å². The number of hydrogen-bond donors (Lipinski definition) is 3. The number of carbonyl (C=O) groups is 4. The number of carboxylic acid groups (broad SMARTS) is 1. The molecule has 0 bridgehead atoms. The maximum atomic E-state index is 13.1. The van der Waals surface area contributed by atoms with Crippen molar-refractivity contribution >= 4 is 23.9 Å². The number of ether oxygens (including phenoxy) is 5. The molecule has 1 heterocycles. The normalized spacial score (nSPS) is 18.8. The number of hydrogen-bond acceptors (Lipinski definition) is 11. The summed E-state index contributed by atoms with van der Waals surface area (Å²) in [4.78, 5) is 51.1. The van der Waals surface area contributed by atoms with Crippen molar-refractivity contribution in [2.75, 3.05) is 13.2 Å². The predicted octanol–water partition coefficient (Wildman–Crippen LogP) is 15.4. The molecule has 0 aromatic carbocycles. The standard InChI is InChI=1S/C65H104O12/c1-4-7-10-13-16-19-22-25-27-28-29-30-32-34-36-39-42-45-48-51-57(66)73-54-56(75-58(67)52-49-46-43-40-38-35-31-26-23-20-17-14-11-8-5-2)55-74-65-63(61(70)60(69)62(77-65)64(71)72)76-59(68)53-50-47-44-41-37-33-24-21-18-15-12-9-6-3/h7-8,10-11,16-17,19-21,24-27,29-31,34,36,56,60-63,65,69-70H,4-6,9,12-15,18,22-23,28,32-33,35,37-55H2,1-3H3,(H,71,72)/b10-7-,11-8-,19-16-,20-17-,24-21-,27-25-,30-29-,31-26-,36-34-. The summed E-state index contributed by atoms with van der Waals surface area (Å²) < 4.78 is 28.4. The Morgan fingerprint density at radius 3 is 1.27 bits per heavy atom. The highest BCUT2D eigenvalue weighted by atomic mass is 16.7. The SMILES string of the molecule is CC/C=C\C/C=C\C/C=C\C/C=C\C/C=C\CCCCCC(=O)OCC(COC1OC(C(=O)O)C(O)C(O)C1OC(=O)CCCCCCC/C=C\CCCCCC)OC(=O)CCCCCCC/C=C\C/C=C\C/C=C\CC. The summed E-state index contributed by atoms with van der Waals surface area (Å²) in [6, 6.07) is 0. The summed E-state index contributed by atoms with van der Waals surface area (Å²) in [6.45, 7) is 5.69. The van der Waals surface area contributed by atoms with Gasteiger partial charge in [-0.3, -0.25) is 14.4 Å². The largest absolute Gasteiger partial charge is 0.479 e.